The van der Waals surface area contributed by atoms with E-state index in [2.05, 4.69) is 72.2 Å². The van der Waals surface area contributed by atoms with E-state index >= 15 is 0 Å². The molecule has 2 aliphatic carbocycles. The van der Waals surface area contributed by atoms with Crippen molar-refractivity contribution in [3.05, 3.63) is 28.4 Å². The lowest BCUT2D eigenvalue weighted by atomic mass is 9.86. The Morgan fingerprint density at radius 1 is 1.23 bits per heavy atom. The monoisotopic (exact) mass is 714 g/mol. The van der Waals surface area contributed by atoms with Crippen molar-refractivity contribution in [1.82, 2.24) is 0 Å². The zero-order valence-electron chi connectivity index (χ0n) is 13.6. The molecule has 1 aromatic rings. The first kappa shape index (κ1) is 21.0. The smallest absolute Gasteiger partial charge is 0.339 e. The summed E-state index contributed by atoms with van der Waals surface area (Å²) >= 11 is 6.47. The van der Waals surface area contributed by atoms with Crippen LogP contribution in [-0.2, 0) is 14.8 Å². The molecule has 2 bridgehead atoms. The van der Waals surface area contributed by atoms with E-state index in [9.17, 15) is 18.3 Å². The third-order valence-corrected chi connectivity index (χ3v) is 8.98. The summed E-state index contributed by atoms with van der Waals surface area (Å²) in [6, 6.07) is 3.78. The molecule has 0 saturated heterocycles. The highest BCUT2D eigenvalue weighted by molar-refractivity contribution is 14.1. The molecule has 6 nitrogen and oxygen atoms in total. The number of hydrogen-bond acceptors (Lipinski definition) is 5. The molecular formula is C16H15I3NO5S-. The van der Waals surface area contributed by atoms with Gasteiger partial charge in [0.05, 0.1) is 11.8 Å². The van der Waals surface area contributed by atoms with Crippen molar-refractivity contribution in [3.8, 4) is 0 Å². The number of esters is 1. The third-order valence-electron chi connectivity index (χ3n) is 4.80. The summed E-state index contributed by atoms with van der Waals surface area (Å²) < 4.78 is 34.4. The van der Waals surface area contributed by atoms with E-state index in [1.165, 1.54) is 0 Å². The van der Waals surface area contributed by atoms with Gasteiger partial charge >= 0.3 is 5.97 Å². The molecule has 3 rings (SSSR count). The maximum Gasteiger partial charge on any atom is 0.339 e. The van der Waals surface area contributed by atoms with Crippen LogP contribution in [0.1, 0.15) is 29.6 Å². The van der Waals surface area contributed by atoms with Crippen LogP contribution in [0.5, 0.6) is 0 Å². The molecule has 0 spiro atoms. The fourth-order valence-electron chi connectivity index (χ4n) is 3.84. The van der Waals surface area contributed by atoms with Gasteiger partial charge in [0.1, 0.15) is 6.10 Å². The Morgan fingerprint density at radius 3 is 2.54 bits per heavy atom. The number of fused-ring (bicyclic) bond motifs is 2. The zero-order valence-corrected chi connectivity index (χ0v) is 20.9. The zero-order chi connectivity index (χ0) is 19.2. The van der Waals surface area contributed by atoms with Crippen molar-refractivity contribution in [1.29, 1.82) is 0 Å². The Hall–Kier alpha value is 0.300. The van der Waals surface area contributed by atoms with E-state index in [4.69, 9.17) is 4.74 Å². The summed E-state index contributed by atoms with van der Waals surface area (Å²) in [6.45, 7) is 0. The second-order valence-electron chi connectivity index (χ2n) is 6.70. The summed E-state index contributed by atoms with van der Waals surface area (Å²) in [4.78, 5) is 12.7. The number of nitrogens with zero attached hydrogens (tertiary/aromatic N) is 1. The maximum atomic E-state index is 12.7. The van der Waals surface area contributed by atoms with Gasteiger partial charge in [0.15, 0.2) is 0 Å². The van der Waals surface area contributed by atoms with Gasteiger partial charge in [-0.2, -0.15) is 4.40 Å². The van der Waals surface area contributed by atoms with Gasteiger partial charge in [0.25, 0.3) is 0 Å². The Labute approximate surface area is 193 Å². The summed E-state index contributed by atoms with van der Waals surface area (Å²) in [7, 11) is -3.71. The Morgan fingerprint density at radius 2 is 1.92 bits per heavy atom. The average Bonchev–Trinajstić information content (AvgIpc) is 3.09. The summed E-state index contributed by atoms with van der Waals surface area (Å²) in [5.41, 5.74) is 0.522. The summed E-state index contributed by atoms with van der Waals surface area (Å²) in [6.07, 6.45) is 2.66. The third kappa shape index (κ3) is 4.64. The molecule has 2 aliphatic rings. The molecule has 0 heterocycles. The normalized spacial score (nSPS) is 28.4. The van der Waals surface area contributed by atoms with Gasteiger partial charge in [-0.3, -0.25) is 0 Å². The molecule has 2 fully saturated rings. The molecule has 0 radical (unpaired) electrons. The highest BCUT2D eigenvalue weighted by Gasteiger charge is 2.48. The highest BCUT2D eigenvalue weighted by Crippen LogP contribution is 2.50. The number of halogens is 3. The molecule has 1 aromatic carbocycles. The lowest BCUT2D eigenvalue weighted by molar-refractivity contribution is -0.226. The van der Waals surface area contributed by atoms with Gasteiger partial charge in [-0.25, -0.2) is 13.2 Å². The predicted octanol–water partition coefficient (Wildman–Crippen LogP) is 2.79. The highest BCUT2D eigenvalue weighted by atomic mass is 127. The summed E-state index contributed by atoms with van der Waals surface area (Å²) in [5.74, 6) is -1.36. The first-order chi connectivity index (χ1) is 12.0. The van der Waals surface area contributed by atoms with E-state index in [0.29, 0.717) is 12.0 Å². The first-order valence-corrected chi connectivity index (χ1v) is 13.0. The van der Waals surface area contributed by atoms with Crippen molar-refractivity contribution in [2.45, 2.75) is 25.4 Å². The molecule has 0 aromatic heterocycles. The molecule has 0 amide bonds. The molecule has 0 aliphatic heterocycles. The minimum atomic E-state index is -3.71. The number of sulfonamides is 1. The second kappa shape index (κ2) is 7.97. The van der Waals surface area contributed by atoms with E-state index in [1.807, 2.05) is 6.07 Å². The van der Waals surface area contributed by atoms with Crippen LogP contribution in [0.2, 0.25) is 0 Å². The van der Waals surface area contributed by atoms with Crippen LogP contribution >= 0.6 is 67.8 Å². The van der Waals surface area contributed by atoms with Gasteiger partial charge < -0.3 is 9.84 Å². The van der Waals surface area contributed by atoms with E-state index in [-0.39, 0.29) is 17.9 Å². The fraction of sp³-hybridized carbons (Fsp3) is 0.500. The van der Waals surface area contributed by atoms with Crippen molar-refractivity contribution in [3.63, 3.8) is 0 Å². The standard InChI is InChI=1S/C16H16I3NO5S/c1-26(23,24)20-15(21)10-3-7-2-9(10)13(4-7)25-16(22)11-5-8(17)6-12(18)14(11)19/h5-7,9-10,13H,2-4H2,1H3,(H,20,21)/p-1. The molecule has 10 heteroatoms. The van der Waals surface area contributed by atoms with Crippen LogP contribution in [0, 0.1) is 28.5 Å². The Kier molecular flexibility index (Phi) is 6.44. The molecule has 0 N–H and O–H groups in total. The molecule has 4 unspecified atom stereocenters. The number of carbonyl (C=O) groups is 1. The van der Waals surface area contributed by atoms with Gasteiger partial charge in [-0.05, 0) is 117 Å². The van der Waals surface area contributed by atoms with Crippen molar-refractivity contribution < 1.29 is 23.1 Å². The number of benzene rings is 1. The second-order valence-corrected chi connectivity index (χ2v) is 11.8. The fourth-order valence-corrected chi connectivity index (χ4v) is 6.68. The topological polar surface area (TPSA) is 95.9 Å². The number of ether oxygens (including phenoxy) is 1. The molecular weight excluding hydrogens is 699 g/mol. The van der Waals surface area contributed by atoms with Gasteiger partial charge in [-0.15, -0.1) is 0 Å². The number of hydrogen-bond donors (Lipinski definition) is 0. The van der Waals surface area contributed by atoms with Crippen molar-refractivity contribution in [2.75, 3.05) is 6.26 Å². The van der Waals surface area contributed by atoms with Gasteiger partial charge in [-0.1, -0.05) is 0 Å². The van der Waals surface area contributed by atoms with E-state index in [1.54, 1.807) is 6.07 Å². The van der Waals surface area contributed by atoms with Crippen LogP contribution in [0.25, 0.3) is 0 Å². The largest absolute Gasteiger partial charge is 0.861 e. The SMILES string of the molecule is CS(=O)(=O)/N=C(/[O-])C1CC2CC(OC(=O)c3cc(I)cc(I)c3I)C1C2. The molecule has 4 atom stereocenters. The van der Waals surface area contributed by atoms with Crippen LogP contribution < -0.4 is 5.11 Å². The van der Waals surface area contributed by atoms with Crippen LogP contribution in [0.3, 0.4) is 0 Å². The van der Waals surface area contributed by atoms with Gasteiger partial charge in [0.2, 0.25) is 10.0 Å². The van der Waals surface area contributed by atoms with Gasteiger partial charge in [0, 0.05) is 16.6 Å². The Bertz CT molecular complexity index is 886. The molecule has 142 valence electrons. The van der Waals surface area contributed by atoms with Crippen molar-refractivity contribution in [2.24, 2.45) is 22.2 Å². The van der Waals surface area contributed by atoms with E-state index in [0.717, 1.165) is 29.8 Å². The lowest BCUT2D eigenvalue weighted by Gasteiger charge is -2.32. The van der Waals surface area contributed by atoms with Crippen LogP contribution in [0.15, 0.2) is 16.5 Å². The first-order valence-electron chi connectivity index (χ1n) is 7.87. The molecule has 26 heavy (non-hydrogen) atoms. The minimum absolute atomic E-state index is 0.151. The van der Waals surface area contributed by atoms with Crippen LogP contribution in [-0.4, -0.2) is 32.6 Å². The maximum absolute atomic E-state index is 12.7. The minimum Gasteiger partial charge on any atom is -0.861 e. The number of rotatable bonds is 4. The lowest BCUT2D eigenvalue weighted by Crippen LogP contribution is -2.39. The van der Waals surface area contributed by atoms with Crippen LogP contribution in [0.4, 0.5) is 0 Å². The summed E-state index contributed by atoms with van der Waals surface area (Å²) in [5, 5.41) is 12.2. The predicted molar refractivity (Wildman–Crippen MR) is 120 cm³/mol. The quantitative estimate of drug-likeness (QED) is 0.157. The molecule has 2 saturated carbocycles. The van der Waals surface area contributed by atoms with E-state index < -0.39 is 27.8 Å². The van der Waals surface area contributed by atoms with Crippen molar-refractivity contribution >= 4 is 89.7 Å². The number of carbonyl (C=O) groups excluding carboxylic acids is 1. The average molecular weight is 714 g/mol. The Balaban J connectivity index is 1.78.